The van der Waals surface area contributed by atoms with Crippen LogP contribution in [0.2, 0.25) is 0 Å². The molecule has 7 rings (SSSR count). The van der Waals surface area contributed by atoms with Crippen LogP contribution in [0.1, 0.15) is 124 Å². The van der Waals surface area contributed by atoms with Crippen molar-refractivity contribution in [2.75, 3.05) is 0 Å². The molecule has 5 aliphatic carbocycles. The first kappa shape index (κ1) is 26.4. The second kappa shape index (κ2) is 8.07. The van der Waals surface area contributed by atoms with Crippen molar-refractivity contribution in [3.63, 3.8) is 0 Å². The Balaban J connectivity index is 1.33. The number of H-pyrrole nitrogens is 1. The average Bonchev–Trinajstić information content (AvgIpc) is 3.43. The topological polar surface area (TPSA) is 15.8 Å². The zero-order chi connectivity index (χ0) is 27.8. The maximum atomic E-state index is 4.55. The largest absolute Gasteiger partial charge is 0.357 e. The third-order valence-corrected chi connectivity index (χ3v) is 15.2. The van der Waals surface area contributed by atoms with E-state index in [1.54, 1.807) is 11.3 Å². The van der Waals surface area contributed by atoms with Gasteiger partial charge in [0, 0.05) is 22.0 Å². The molecule has 1 N–H and O–H groups in total. The Bertz CT molecular complexity index is 1340. The number of aromatic nitrogens is 1. The molecule has 5 aliphatic rings. The molecule has 2 aromatic rings. The van der Waals surface area contributed by atoms with Crippen LogP contribution in [-0.4, -0.2) is 4.98 Å². The number of hydrogen-bond acceptors (Lipinski definition) is 0. The number of hydrogen-bond donors (Lipinski definition) is 1. The fourth-order valence-electron chi connectivity index (χ4n) is 13.2. The molecule has 0 radical (unpaired) electrons. The van der Waals surface area contributed by atoms with Crippen molar-refractivity contribution in [3.8, 4) is 0 Å². The Hall–Kier alpha value is -1.50. The molecule has 9 atom stereocenters. The number of fused-ring (bicyclic) bond motifs is 10. The van der Waals surface area contributed by atoms with Crippen LogP contribution in [0.5, 0.6) is 0 Å². The van der Waals surface area contributed by atoms with Crippen LogP contribution in [0.25, 0.3) is 10.9 Å². The second-order valence-corrected chi connectivity index (χ2v) is 16.9. The summed E-state index contributed by atoms with van der Waals surface area (Å²) in [6, 6.07) is 7.07. The average molecular weight is 526 g/mol. The van der Waals surface area contributed by atoms with E-state index in [0.29, 0.717) is 21.7 Å². The number of para-hydroxylation sites is 1. The van der Waals surface area contributed by atoms with Gasteiger partial charge in [-0.2, -0.15) is 0 Å². The molecule has 212 valence electrons. The van der Waals surface area contributed by atoms with E-state index in [1.165, 1.54) is 79.8 Å². The zero-order valence-corrected chi connectivity index (χ0v) is 26.4. The van der Waals surface area contributed by atoms with Gasteiger partial charge in [0.15, 0.2) is 0 Å². The maximum absolute atomic E-state index is 4.55. The number of nitrogens with one attached hydrogen (secondary N) is 1. The molecule has 1 aromatic carbocycles. The van der Waals surface area contributed by atoms with E-state index < -0.39 is 0 Å². The third-order valence-electron chi connectivity index (χ3n) is 15.2. The SMILES string of the molecule is C=C(C)[C@@H]1CC[C@]2(C)CC[C@]3(C)[C@H](CC[C@@H]4[C@@]5(C)Cc6c([nH]c7c(CC)cccc67)C(C)(C)[C@@H]5CC[C@]43C)[C@@H]12. The van der Waals surface area contributed by atoms with E-state index in [1.807, 2.05) is 0 Å². The fourth-order valence-corrected chi connectivity index (χ4v) is 13.2. The molecule has 0 spiro atoms. The van der Waals surface area contributed by atoms with Crippen LogP contribution < -0.4 is 0 Å². The number of rotatable bonds is 2. The summed E-state index contributed by atoms with van der Waals surface area (Å²) >= 11 is 0. The molecule has 1 aromatic heterocycles. The van der Waals surface area contributed by atoms with Gasteiger partial charge in [0.2, 0.25) is 0 Å². The Morgan fingerprint density at radius 2 is 1.67 bits per heavy atom. The standard InChI is InChI=1S/C38H55N/c1-10-24-12-11-13-26-27-22-36(7)29(34(4,5)33(27)39-32(24)26)17-19-38(9)30(36)15-14-28-31-25(23(2)3)16-18-35(31,6)20-21-37(28,38)8/h11-13,25,28-31,39H,2,10,14-22H2,1,3-9H3/t25-,28+,29-,30+,31+,35+,36-,37+,38+/m0/s1. The molecule has 0 amide bonds. The lowest BCUT2D eigenvalue weighted by atomic mass is 9.32. The van der Waals surface area contributed by atoms with Gasteiger partial charge in [0.1, 0.15) is 0 Å². The maximum Gasteiger partial charge on any atom is 0.0491 e. The van der Waals surface area contributed by atoms with E-state index in [2.05, 4.69) is 85.2 Å². The molecule has 0 bridgehead atoms. The van der Waals surface area contributed by atoms with Crippen LogP contribution >= 0.6 is 0 Å². The summed E-state index contributed by atoms with van der Waals surface area (Å²) in [6.45, 7) is 25.4. The van der Waals surface area contributed by atoms with Gasteiger partial charge >= 0.3 is 0 Å². The van der Waals surface area contributed by atoms with Gasteiger partial charge in [0.05, 0.1) is 0 Å². The van der Waals surface area contributed by atoms with Crippen LogP contribution in [0.3, 0.4) is 0 Å². The highest BCUT2D eigenvalue weighted by Crippen LogP contribution is 2.77. The predicted molar refractivity (Wildman–Crippen MR) is 166 cm³/mol. The van der Waals surface area contributed by atoms with Crippen molar-refractivity contribution in [3.05, 3.63) is 47.2 Å². The van der Waals surface area contributed by atoms with E-state index in [9.17, 15) is 0 Å². The lowest BCUT2D eigenvalue weighted by Crippen LogP contribution is -2.66. The van der Waals surface area contributed by atoms with E-state index in [-0.39, 0.29) is 5.41 Å². The molecule has 0 saturated heterocycles. The summed E-state index contributed by atoms with van der Waals surface area (Å²) in [5, 5.41) is 1.52. The summed E-state index contributed by atoms with van der Waals surface area (Å²) in [5.41, 5.74) is 9.58. The number of aromatic amines is 1. The van der Waals surface area contributed by atoms with Crippen molar-refractivity contribution in [1.82, 2.24) is 4.98 Å². The minimum absolute atomic E-state index is 0.188. The highest BCUT2D eigenvalue weighted by molar-refractivity contribution is 5.88. The van der Waals surface area contributed by atoms with E-state index in [0.717, 1.165) is 36.0 Å². The summed E-state index contributed by atoms with van der Waals surface area (Å²) in [4.78, 5) is 4.05. The van der Waals surface area contributed by atoms with Crippen molar-refractivity contribution in [2.45, 2.75) is 125 Å². The minimum Gasteiger partial charge on any atom is -0.357 e. The summed E-state index contributed by atoms with van der Waals surface area (Å²) < 4.78 is 0. The van der Waals surface area contributed by atoms with Gasteiger partial charge in [0.25, 0.3) is 0 Å². The van der Waals surface area contributed by atoms with Crippen LogP contribution in [0.4, 0.5) is 0 Å². The lowest BCUT2D eigenvalue weighted by molar-refractivity contribution is -0.223. The van der Waals surface area contributed by atoms with Gasteiger partial charge in [-0.1, -0.05) is 78.8 Å². The summed E-state index contributed by atoms with van der Waals surface area (Å²) in [5.74, 6) is 4.03. The monoisotopic (exact) mass is 525 g/mol. The molecule has 0 aliphatic heterocycles. The highest BCUT2D eigenvalue weighted by Gasteiger charge is 2.70. The molecular formula is C38H55N. The Kier molecular flexibility index (Phi) is 5.46. The summed E-state index contributed by atoms with van der Waals surface area (Å²) in [6.07, 6.45) is 13.8. The van der Waals surface area contributed by atoms with Gasteiger partial charge in [-0.25, -0.2) is 0 Å². The van der Waals surface area contributed by atoms with Crippen molar-refractivity contribution < 1.29 is 0 Å². The second-order valence-electron chi connectivity index (χ2n) is 16.9. The molecule has 1 nitrogen and oxygen atoms in total. The quantitative estimate of drug-likeness (QED) is 0.375. The van der Waals surface area contributed by atoms with Crippen LogP contribution in [0, 0.1) is 51.2 Å². The normalized spacial score (nSPS) is 46.1. The first-order valence-corrected chi connectivity index (χ1v) is 16.6. The van der Waals surface area contributed by atoms with Crippen LogP contribution in [0.15, 0.2) is 30.4 Å². The minimum atomic E-state index is 0.188. The molecule has 0 unspecified atom stereocenters. The molecule has 1 heterocycles. The van der Waals surface area contributed by atoms with E-state index in [4.69, 9.17) is 0 Å². The Labute approximate surface area is 239 Å². The molecular weight excluding hydrogens is 470 g/mol. The van der Waals surface area contributed by atoms with Crippen molar-refractivity contribution in [2.24, 2.45) is 51.2 Å². The zero-order valence-electron chi connectivity index (χ0n) is 26.4. The molecule has 39 heavy (non-hydrogen) atoms. The van der Waals surface area contributed by atoms with Gasteiger partial charge in [-0.3, -0.25) is 0 Å². The smallest absolute Gasteiger partial charge is 0.0491 e. The lowest BCUT2D eigenvalue weighted by Gasteiger charge is -2.72. The Morgan fingerprint density at radius 3 is 2.38 bits per heavy atom. The molecule has 4 saturated carbocycles. The van der Waals surface area contributed by atoms with Crippen LogP contribution in [-0.2, 0) is 18.3 Å². The molecule has 4 fully saturated rings. The highest BCUT2D eigenvalue weighted by atomic mass is 14.8. The van der Waals surface area contributed by atoms with Gasteiger partial charge < -0.3 is 4.98 Å². The molecule has 1 heteroatoms. The predicted octanol–water partition coefficient (Wildman–Crippen LogP) is 10.4. The first-order chi connectivity index (χ1) is 18.3. The first-order valence-electron chi connectivity index (χ1n) is 16.6. The van der Waals surface area contributed by atoms with Crippen molar-refractivity contribution in [1.29, 1.82) is 0 Å². The summed E-state index contributed by atoms with van der Waals surface area (Å²) in [7, 11) is 0. The van der Waals surface area contributed by atoms with Crippen molar-refractivity contribution >= 4 is 10.9 Å². The number of benzene rings is 1. The van der Waals surface area contributed by atoms with Gasteiger partial charge in [-0.15, -0.1) is 0 Å². The fraction of sp³-hybridized carbons (Fsp3) is 0.737. The third kappa shape index (κ3) is 3.09. The Morgan fingerprint density at radius 1 is 0.897 bits per heavy atom. The number of aryl methyl sites for hydroxylation is 1. The number of allylic oxidation sites excluding steroid dienone is 1. The van der Waals surface area contributed by atoms with E-state index >= 15 is 0 Å². The van der Waals surface area contributed by atoms with Gasteiger partial charge in [-0.05, 0) is 134 Å².